The van der Waals surface area contributed by atoms with Crippen molar-refractivity contribution in [1.29, 1.82) is 0 Å². The van der Waals surface area contributed by atoms with E-state index in [2.05, 4.69) is 54.6 Å². The standard InChI is InChI=1S/C13H25N2.CNS/c1-4-5-6-7-8-9-10-15-12-11-14(3)13(15)2;2-1-3/h11-12H,4-10H2,1-3H3;/q+1;-1. The number of aryl methyl sites for hydroxylation is 2. The number of rotatable bonds is 7. The molecule has 0 N–H and O–H groups in total. The molecule has 0 spiro atoms. The number of hydrogen-bond donors (Lipinski definition) is 0. The van der Waals surface area contributed by atoms with Crippen molar-refractivity contribution in [2.24, 2.45) is 7.05 Å². The number of unbranched alkanes of at least 4 members (excludes halogenated alkanes) is 5. The summed E-state index contributed by atoms with van der Waals surface area (Å²) in [6.07, 6.45) is 12.6. The molecule has 4 heteroatoms. The first kappa shape index (κ1) is 17.0. The molecule has 0 unspecified atom stereocenters. The summed E-state index contributed by atoms with van der Waals surface area (Å²) >= 11 is 3.70. The lowest BCUT2D eigenvalue weighted by Crippen LogP contribution is -2.29. The van der Waals surface area contributed by atoms with Crippen LogP contribution in [-0.4, -0.2) is 9.73 Å². The van der Waals surface area contributed by atoms with Crippen molar-refractivity contribution < 1.29 is 4.57 Å². The van der Waals surface area contributed by atoms with Gasteiger partial charge in [0.05, 0.1) is 13.6 Å². The molecule has 0 amide bonds. The normalized spacial score (nSPS) is 9.50. The van der Waals surface area contributed by atoms with Crippen LogP contribution >= 0.6 is 12.2 Å². The van der Waals surface area contributed by atoms with Crippen molar-refractivity contribution in [3.63, 3.8) is 0 Å². The third-order valence-corrected chi connectivity index (χ3v) is 3.15. The molecule has 0 aliphatic heterocycles. The van der Waals surface area contributed by atoms with E-state index in [0.717, 1.165) is 0 Å². The van der Waals surface area contributed by atoms with Gasteiger partial charge in [-0.2, -0.15) is 5.16 Å². The molecule has 0 bridgehead atoms. The third kappa shape index (κ3) is 7.36. The van der Waals surface area contributed by atoms with Crippen molar-refractivity contribution >= 4 is 17.4 Å². The van der Waals surface area contributed by atoms with Gasteiger partial charge in [-0.25, -0.2) is 9.13 Å². The molecule has 0 radical (unpaired) electrons. The van der Waals surface area contributed by atoms with Gasteiger partial charge in [0.1, 0.15) is 12.4 Å². The van der Waals surface area contributed by atoms with E-state index in [9.17, 15) is 0 Å². The number of hydrogen-bond acceptors (Lipinski definition) is 1. The second kappa shape index (κ2) is 11.1. The minimum atomic E-state index is 1.18. The maximum absolute atomic E-state index is 7.13. The van der Waals surface area contributed by atoms with Crippen molar-refractivity contribution in [2.45, 2.75) is 58.9 Å². The van der Waals surface area contributed by atoms with Crippen LogP contribution in [0.3, 0.4) is 0 Å². The first-order valence-electron chi connectivity index (χ1n) is 6.70. The smallest absolute Gasteiger partial charge is 0.253 e. The van der Waals surface area contributed by atoms with Crippen molar-refractivity contribution in [2.75, 3.05) is 0 Å². The van der Waals surface area contributed by atoms with Gasteiger partial charge in [0, 0.05) is 6.92 Å². The van der Waals surface area contributed by atoms with Gasteiger partial charge in [0.25, 0.3) is 5.82 Å². The summed E-state index contributed by atoms with van der Waals surface area (Å²) in [5.74, 6) is 1.35. The molecule has 0 saturated carbocycles. The quantitative estimate of drug-likeness (QED) is 0.321. The van der Waals surface area contributed by atoms with E-state index < -0.39 is 0 Å². The van der Waals surface area contributed by atoms with Crippen LogP contribution in [0, 0.1) is 6.92 Å². The van der Waals surface area contributed by atoms with Crippen LogP contribution in [0.4, 0.5) is 0 Å². The molecular formula is C14H25N3S. The first-order chi connectivity index (χ1) is 8.67. The van der Waals surface area contributed by atoms with E-state index in [1.807, 2.05) is 0 Å². The SMILES string of the molecule is CCCCCCCCn1cc[n+](C)c1C.[N-]=C=S. The van der Waals surface area contributed by atoms with E-state index in [1.165, 1.54) is 56.1 Å². The number of thiocarbonyl (C=S) groups is 1. The molecule has 0 aliphatic rings. The molecule has 102 valence electrons. The number of aromatic nitrogens is 2. The predicted octanol–water partition coefficient (Wildman–Crippen LogP) is 3.64. The van der Waals surface area contributed by atoms with Gasteiger partial charge in [-0.1, -0.05) is 44.8 Å². The highest BCUT2D eigenvalue weighted by Gasteiger charge is 2.07. The fourth-order valence-corrected chi connectivity index (χ4v) is 1.90. The highest BCUT2D eigenvalue weighted by molar-refractivity contribution is 7.78. The van der Waals surface area contributed by atoms with Gasteiger partial charge in [0.15, 0.2) is 0 Å². The molecule has 18 heavy (non-hydrogen) atoms. The third-order valence-electron chi connectivity index (χ3n) is 3.15. The van der Waals surface area contributed by atoms with Crippen LogP contribution in [0.25, 0.3) is 5.41 Å². The lowest BCUT2D eigenvalue weighted by atomic mass is 10.1. The number of isothiocyanates is 1. The Bertz CT molecular complexity index is 352. The zero-order valence-corrected chi connectivity index (χ0v) is 12.7. The highest BCUT2D eigenvalue weighted by atomic mass is 32.1. The number of nitrogens with zero attached hydrogens (tertiary/aromatic N) is 3. The van der Waals surface area contributed by atoms with Crippen molar-refractivity contribution in [3.8, 4) is 0 Å². The Morgan fingerprint density at radius 3 is 2.33 bits per heavy atom. The first-order valence-corrected chi connectivity index (χ1v) is 7.10. The van der Waals surface area contributed by atoms with E-state index in [1.54, 1.807) is 0 Å². The molecule has 1 heterocycles. The van der Waals surface area contributed by atoms with Gasteiger partial charge in [-0.05, 0) is 12.8 Å². The minimum Gasteiger partial charge on any atom is -0.753 e. The number of imidazole rings is 1. The van der Waals surface area contributed by atoms with Crippen LogP contribution in [0.2, 0.25) is 0 Å². The van der Waals surface area contributed by atoms with Crippen LogP contribution in [-0.2, 0) is 13.6 Å². The maximum atomic E-state index is 7.13. The molecule has 0 aromatic carbocycles. The monoisotopic (exact) mass is 267 g/mol. The zero-order valence-electron chi connectivity index (χ0n) is 11.9. The van der Waals surface area contributed by atoms with Gasteiger partial charge >= 0.3 is 0 Å². The predicted molar refractivity (Wildman–Crippen MR) is 79.7 cm³/mol. The summed E-state index contributed by atoms with van der Waals surface area (Å²) < 4.78 is 4.52. The van der Waals surface area contributed by atoms with Crippen LogP contribution in [0.1, 0.15) is 51.3 Å². The average molecular weight is 267 g/mol. The van der Waals surface area contributed by atoms with Gasteiger partial charge in [-0.3, -0.25) is 0 Å². The molecule has 0 fully saturated rings. The summed E-state index contributed by atoms with van der Waals surface area (Å²) in [4.78, 5) is 0. The van der Waals surface area contributed by atoms with Crippen LogP contribution in [0.15, 0.2) is 12.4 Å². The van der Waals surface area contributed by atoms with E-state index in [0.29, 0.717) is 0 Å². The molecule has 3 nitrogen and oxygen atoms in total. The average Bonchev–Trinajstić information content (AvgIpc) is 2.66. The Morgan fingerprint density at radius 2 is 1.83 bits per heavy atom. The minimum absolute atomic E-state index is 1.18. The molecular weight excluding hydrogens is 242 g/mol. The summed E-state index contributed by atoms with van der Waals surface area (Å²) in [6.45, 7) is 5.62. The topological polar surface area (TPSA) is 31.1 Å². The van der Waals surface area contributed by atoms with Gasteiger partial charge < -0.3 is 5.41 Å². The summed E-state index contributed by atoms with van der Waals surface area (Å²) in [6, 6.07) is 0. The fourth-order valence-electron chi connectivity index (χ4n) is 1.90. The Kier molecular flexibility index (Phi) is 10.5. The summed E-state index contributed by atoms with van der Waals surface area (Å²) in [5.41, 5.74) is 0. The van der Waals surface area contributed by atoms with Gasteiger partial charge in [-0.15, -0.1) is 0 Å². The Labute approximate surface area is 116 Å². The van der Waals surface area contributed by atoms with E-state index in [4.69, 9.17) is 5.41 Å². The maximum Gasteiger partial charge on any atom is 0.253 e. The Morgan fingerprint density at radius 1 is 1.28 bits per heavy atom. The molecule has 0 aliphatic carbocycles. The summed E-state index contributed by atoms with van der Waals surface area (Å²) in [7, 11) is 2.10. The van der Waals surface area contributed by atoms with Gasteiger partial charge in [0.2, 0.25) is 0 Å². The second-order valence-corrected chi connectivity index (χ2v) is 4.69. The zero-order chi connectivity index (χ0) is 13.8. The van der Waals surface area contributed by atoms with Crippen LogP contribution < -0.4 is 4.57 Å². The lowest BCUT2D eigenvalue weighted by molar-refractivity contribution is -0.677. The van der Waals surface area contributed by atoms with E-state index in [-0.39, 0.29) is 0 Å². The van der Waals surface area contributed by atoms with Crippen molar-refractivity contribution in [1.82, 2.24) is 4.57 Å². The van der Waals surface area contributed by atoms with Crippen molar-refractivity contribution in [3.05, 3.63) is 23.6 Å². The lowest BCUT2D eigenvalue weighted by Gasteiger charge is -2.00. The molecule has 1 aromatic heterocycles. The van der Waals surface area contributed by atoms with E-state index >= 15 is 0 Å². The van der Waals surface area contributed by atoms with Crippen LogP contribution in [0.5, 0.6) is 0 Å². The Balaban J connectivity index is 0.000000873. The highest BCUT2D eigenvalue weighted by Crippen LogP contribution is 2.06. The molecule has 1 rings (SSSR count). The molecule has 0 saturated heterocycles. The summed E-state index contributed by atoms with van der Waals surface area (Å²) in [5, 5.41) is 8.47. The largest absolute Gasteiger partial charge is 0.753 e. The fraction of sp³-hybridized carbons (Fsp3) is 0.714. The second-order valence-electron chi connectivity index (χ2n) is 4.51. The molecule has 0 atom stereocenters. The molecule has 1 aromatic rings. The Hall–Kier alpha value is -0.990.